The van der Waals surface area contributed by atoms with Crippen LogP contribution in [0.25, 0.3) is 10.9 Å². The summed E-state index contributed by atoms with van der Waals surface area (Å²) < 4.78 is 49.1. The summed E-state index contributed by atoms with van der Waals surface area (Å²) in [6.07, 6.45) is -0.164. The molecule has 0 spiro atoms. The number of nitrogens with zero attached hydrogens (tertiary/aromatic N) is 3. The Morgan fingerprint density at radius 2 is 1.94 bits per heavy atom. The molecular formula is C23H26FN3O6S. The summed E-state index contributed by atoms with van der Waals surface area (Å²) in [5.74, 6) is -1.05. The van der Waals surface area contributed by atoms with Crippen molar-refractivity contribution in [3.63, 3.8) is 0 Å². The van der Waals surface area contributed by atoms with Crippen LogP contribution in [-0.4, -0.2) is 64.0 Å². The maximum atomic E-state index is 14.0. The Labute approximate surface area is 196 Å². The van der Waals surface area contributed by atoms with Gasteiger partial charge in [-0.1, -0.05) is 0 Å². The monoisotopic (exact) mass is 491 g/mol. The van der Waals surface area contributed by atoms with Crippen LogP contribution in [0.15, 0.2) is 47.4 Å². The fraction of sp³-hybridized carbons (Fsp3) is 0.391. The van der Waals surface area contributed by atoms with E-state index < -0.39 is 40.5 Å². The van der Waals surface area contributed by atoms with Crippen LogP contribution in [0, 0.1) is 5.82 Å². The van der Waals surface area contributed by atoms with Crippen molar-refractivity contribution in [3.8, 4) is 5.75 Å². The number of fused-ring (bicyclic) bond motifs is 1. The summed E-state index contributed by atoms with van der Waals surface area (Å²) in [5.41, 5.74) is 0.650. The number of sulfonamides is 1. The number of ether oxygens (including phenoxy) is 1. The van der Waals surface area contributed by atoms with E-state index in [2.05, 4.69) is 5.10 Å². The van der Waals surface area contributed by atoms with Crippen molar-refractivity contribution in [2.24, 2.45) is 0 Å². The highest BCUT2D eigenvalue weighted by Crippen LogP contribution is 2.35. The number of aliphatic hydroxyl groups excluding tert-OH is 1. The minimum Gasteiger partial charge on any atom is -0.491 e. The predicted molar refractivity (Wildman–Crippen MR) is 122 cm³/mol. The Morgan fingerprint density at radius 1 is 1.24 bits per heavy atom. The van der Waals surface area contributed by atoms with Crippen molar-refractivity contribution in [2.75, 3.05) is 13.2 Å². The van der Waals surface area contributed by atoms with Gasteiger partial charge in [-0.2, -0.15) is 9.40 Å². The third kappa shape index (κ3) is 4.63. The normalized spacial score (nSPS) is 19.2. The van der Waals surface area contributed by atoms with Gasteiger partial charge < -0.3 is 14.9 Å². The Hall–Kier alpha value is -3.02. The van der Waals surface area contributed by atoms with Crippen molar-refractivity contribution in [2.45, 2.75) is 49.8 Å². The second-order valence-electron chi connectivity index (χ2n) is 8.56. The first-order chi connectivity index (χ1) is 16.1. The number of carboxylic acid groups (broad SMARTS) is 1. The van der Waals surface area contributed by atoms with E-state index in [4.69, 9.17) is 4.74 Å². The summed E-state index contributed by atoms with van der Waals surface area (Å²) in [6, 6.07) is 8.81. The van der Waals surface area contributed by atoms with Crippen LogP contribution in [0.2, 0.25) is 0 Å². The number of hydrogen-bond donors (Lipinski definition) is 2. The SMILES string of the molecule is CC(C)Oc1ccc(S(=O)(=O)N2C[C@H](n3nc(CC(=O)O)c4ccc(F)cc43)C[C@H]2CO)cc1. The lowest BCUT2D eigenvalue weighted by Crippen LogP contribution is -2.37. The first-order valence-corrected chi connectivity index (χ1v) is 12.3. The molecule has 34 heavy (non-hydrogen) atoms. The lowest BCUT2D eigenvalue weighted by Gasteiger charge is -2.22. The summed E-state index contributed by atoms with van der Waals surface area (Å²) >= 11 is 0. The van der Waals surface area contributed by atoms with Crippen LogP contribution in [0.1, 0.15) is 32.0 Å². The highest BCUT2D eigenvalue weighted by Gasteiger charge is 2.41. The van der Waals surface area contributed by atoms with Crippen molar-refractivity contribution in [1.29, 1.82) is 0 Å². The highest BCUT2D eigenvalue weighted by atomic mass is 32.2. The molecule has 0 radical (unpaired) electrons. The van der Waals surface area contributed by atoms with Crippen LogP contribution in [0.4, 0.5) is 4.39 Å². The molecule has 2 atom stereocenters. The summed E-state index contributed by atoms with van der Waals surface area (Å²) in [7, 11) is -3.95. The van der Waals surface area contributed by atoms with Gasteiger partial charge in [0.05, 0.1) is 47.3 Å². The largest absolute Gasteiger partial charge is 0.491 e. The molecule has 2 N–H and O–H groups in total. The number of aromatic nitrogens is 2. The minimum atomic E-state index is -3.95. The van der Waals surface area contributed by atoms with E-state index in [0.717, 1.165) is 0 Å². The molecule has 9 nitrogen and oxygen atoms in total. The number of hydrogen-bond acceptors (Lipinski definition) is 6. The van der Waals surface area contributed by atoms with Crippen LogP contribution in [0.5, 0.6) is 5.75 Å². The second kappa shape index (κ2) is 9.32. The molecule has 1 fully saturated rings. The topological polar surface area (TPSA) is 122 Å². The van der Waals surface area contributed by atoms with Gasteiger partial charge in [-0.3, -0.25) is 9.48 Å². The third-order valence-corrected chi connectivity index (χ3v) is 7.70. The molecule has 1 aromatic heterocycles. The molecule has 1 saturated heterocycles. The standard InChI is InChI=1S/C23H26FN3O6S/c1-14(2)33-18-4-6-19(7-5-18)34(31,32)26-12-16(10-17(26)13-28)27-22-9-15(24)3-8-20(22)21(25-27)11-23(29)30/h3-9,14,16-17,28H,10-13H2,1-2H3,(H,29,30)/t16-,17+/m1/s1. The average Bonchev–Trinajstić information content (AvgIpc) is 3.35. The van der Waals surface area contributed by atoms with E-state index in [1.54, 1.807) is 12.1 Å². The quantitative estimate of drug-likeness (QED) is 0.497. The summed E-state index contributed by atoms with van der Waals surface area (Å²) in [4.78, 5) is 11.3. The zero-order valence-corrected chi connectivity index (χ0v) is 19.6. The van der Waals surface area contributed by atoms with Crippen molar-refractivity contribution in [1.82, 2.24) is 14.1 Å². The number of benzene rings is 2. The van der Waals surface area contributed by atoms with Gasteiger partial charge in [0.15, 0.2) is 0 Å². The van der Waals surface area contributed by atoms with Crippen LogP contribution in [-0.2, 0) is 21.2 Å². The minimum absolute atomic E-state index is 0.00237. The molecule has 1 aliphatic heterocycles. The van der Waals surface area contributed by atoms with Gasteiger partial charge in [-0.25, -0.2) is 12.8 Å². The molecule has 4 rings (SSSR count). The molecule has 182 valence electrons. The van der Waals surface area contributed by atoms with Crippen molar-refractivity contribution < 1.29 is 32.6 Å². The summed E-state index contributed by atoms with van der Waals surface area (Å²) in [6.45, 7) is 3.33. The number of aliphatic carboxylic acids is 1. The molecule has 1 aliphatic rings. The molecule has 0 saturated carbocycles. The Balaban J connectivity index is 1.67. The van der Waals surface area contributed by atoms with Gasteiger partial charge in [0.1, 0.15) is 11.6 Å². The van der Waals surface area contributed by atoms with Gasteiger partial charge >= 0.3 is 5.97 Å². The number of carboxylic acids is 1. The molecule has 0 amide bonds. The second-order valence-corrected chi connectivity index (χ2v) is 10.5. The van der Waals surface area contributed by atoms with Crippen LogP contribution >= 0.6 is 0 Å². The molecule has 2 heterocycles. The molecular weight excluding hydrogens is 465 g/mol. The molecule has 0 bridgehead atoms. The average molecular weight is 492 g/mol. The maximum Gasteiger partial charge on any atom is 0.309 e. The number of rotatable bonds is 8. The van der Waals surface area contributed by atoms with Gasteiger partial charge in [0.25, 0.3) is 0 Å². The van der Waals surface area contributed by atoms with Gasteiger partial charge in [-0.05, 0) is 62.7 Å². The smallest absolute Gasteiger partial charge is 0.309 e. The number of aliphatic hydroxyl groups is 1. The fourth-order valence-corrected chi connectivity index (χ4v) is 5.99. The van der Waals surface area contributed by atoms with E-state index in [1.807, 2.05) is 13.8 Å². The lowest BCUT2D eigenvalue weighted by atomic mass is 10.1. The zero-order chi connectivity index (χ0) is 24.6. The van der Waals surface area contributed by atoms with E-state index in [9.17, 15) is 27.8 Å². The van der Waals surface area contributed by atoms with E-state index in [-0.39, 0.29) is 36.1 Å². The van der Waals surface area contributed by atoms with Crippen molar-refractivity contribution >= 4 is 26.9 Å². The first kappa shape index (κ1) is 24.1. The predicted octanol–water partition coefficient (Wildman–Crippen LogP) is 2.59. The Kier molecular flexibility index (Phi) is 6.61. The first-order valence-electron chi connectivity index (χ1n) is 10.9. The lowest BCUT2D eigenvalue weighted by molar-refractivity contribution is -0.136. The number of halogens is 1. The Morgan fingerprint density at radius 3 is 2.56 bits per heavy atom. The summed E-state index contributed by atoms with van der Waals surface area (Å²) in [5, 5.41) is 24.1. The van der Waals surface area contributed by atoms with E-state index in [1.165, 1.54) is 39.3 Å². The zero-order valence-electron chi connectivity index (χ0n) is 18.8. The van der Waals surface area contributed by atoms with E-state index >= 15 is 0 Å². The van der Waals surface area contributed by atoms with Crippen molar-refractivity contribution in [3.05, 3.63) is 54.0 Å². The number of carbonyl (C=O) groups is 1. The molecule has 0 aliphatic carbocycles. The molecule has 11 heteroatoms. The molecule has 0 unspecified atom stereocenters. The van der Waals surface area contributed by atoms with E-state index in [0.29, 0.717) is 16.7 Å². The van der Waals surface area contributed by atoms with Gasteiger partial charge in [0, 0.05) is 11.9 Å². The maximum absolute atomic E-state index is 14.0. The van der Waals surface area contributed by atoms with Gasteiger partial charge in [-0.15, -0.1) is 0 Å². The van der Waals surface area contributed by atoms with Crippen LogP contribution < -0.4 is 4.74 Å². The molecule has 2 aromatic carbocycles. The molecule has 3 aromatic rings. The van der Waals surface area contributed by atoms with Gasteiger partial charge in [0.2, 0.25) is 10.0 Å². The fourth-order valence-electron chi connectivity index (χ4n) is 4.33. The highest BCUT2D eigenvalue weighted by molar-refractivity contribution is 7.89. The van der Waals surface area contributed by atoms with Crippen LogP contribution in [0.3, 0.4) is 0 Å². The third-order valence-electron chi connectivity index (χ3n) is 5.77. The Bertz CT molecular complexity index is 1310.